The summed E-state index contributed by atoms with van der Waals surface area (Å²) in [5.41, 5.74) is 1.29. The number of aromatic nitrogens is 3. The van der Waals surface area contributed by atoms with Gasteiger partial charge in [-0.2, -0.15) is 8.78 Å². The second kappa shape index (κ2) is 11.9. The Kier molecular flexibility index (Phi) is 8.46. The first-order chi connectivity index (χ1) is 19.6. The van der Waals surface area contributed by atoms with Gasteiger partial charge in [-0.25, -0.2) is 27.2 Å². The van der Waals surface area contributed by atoms with E-state index in [4.69, 9.17) is 23.4 Å². The third-order valence-electron chi connectivity index (χ3n) is 6.94. The first-order valence-electron chi connectivity index (χ1n) is 12.8. The van der Waals surface area contributed by atoms with Crippen molar-refractivity contribution in [3.8, 4) is 11.3 Å². The Balaban J connectivity index is 1.41. The van der Waals surface area contributed by atoms with Crippen LogP contribution in [0.5, 0.6) is 0 Å². The molecule has 1 fully saturated rings. The minimum Gasteiger partial charge on any atom is -0.351 e. The van der Waals surface area contributed by atoms with Crippen molar-refractivity contribution in [3.63, 3.8) is 0 Å². The molecule has 1 aliphatic rings. The predicted molar refractivity (Wildman–Crippen MR) is 154 cm³/mol. The third kappa shape index (κ3) is 6.15. The number of nitrogens with one attached hydrogen (secondary N) is 3. The molecule has 0 radical (unpaired) electrons. The largest absolute Gasteiger partial charge is 0.351 e. The highest BCUT2D eigenvalue weighted by Crippen LogP contribution is 2.36. The van der Waals surface area contributed by atoms with Crippen molar-refractivity contribution < 1.29 is 22.0 Å². The molecular formula is C27H26Cl2F2N6O3S. The number of nitrogens with zero attached hydrogens (tertiary/aromatic N) is 3. The van der Waals surface area contributed by atoms with Gasteiger partial charge in [-0.15, -0.1) is 0 Å². The molecule has 4 aromatic rings. The van der Waals surface area contributed by atoms with Gasteiger partial charge in [0.25, 0.3) is 15.9 Å². The minimum atomic E-state index is -3.91. The SMILES string of the molecule is O=C(N[C@H]1CCC[C@@H](Nc2ncc(Cl)c(-c3cn(S(=O)(=O)c4ccccc4)c4ccccc34)n2)C1)C(F)(F)CNCl. The summed E-state index contributed by atoms with van der Waals surface area (Å²) in [5, 5.41) is 6.48. The molecule has 2 aromatic carbocycles. The van der Waals surface area contributed by atoms with E-state index in [-0.39, 0.29) is 21.9 Å². The number of para-hydroxylation sites is 1. The van der Waals surface area contributed by atoms with E-state index >= 15 is 0 Å². The fourth-order valence-electron chi connectivity index (χ4n) is 4.96. The number of carbonyl (C=O) groups excluding carboxylic acids is 1. The lowest BCUT2D eigenvalue weighted by atomic mass is 9.91. The number of rotatable bonds is 9. The normalized spacial score (nSPS) is 17.9. The molecular weight excluding hydrogens is 597 g/mol. The molecule has 41 heavy (non-hydrogen) atoms. The van der Waals surface area contributed by atoms with Crippen molar-refractivity contribution >= 4 is 56.2 Å². The summed E-state index contributed by atoms with van der Waals surface area (Å²) in [7, 11) is -3.91. The van der Waals surface area contributed by atoms with E-state index in [0.29, 0.717) is 47.8 Å². The van der Waals surface area contributed by atoms with Crippen LogP contribution in [-0.2, 0) is 14.8 Å². The van der Waals surface area contributed by atoms with Crippen LogP contribution in [0.4, 0.5) is 14.7 Å². The second-order valence-corrected chi connectivity index (χ2v) is 12.2. The number of alkyl halides is 2. The summed E-state index contributed by atoms with van der Waals surface area (Å²) in [5.74, 6) is -4.78. The van der Waals surface area contributed by atoms with Crippen LogP contribution in [0.15, 0.2) is 71.9 Å². The summed E-state index contributed by atoms with van der Waals surface area (Å²) < 4.78 is 56.0. The zero-order valence-electron chi connectivity index (χ0n) is 21.5. The number of hydrogen-bond donors (Lipinski definition) is 3. The molecule has 0 aliphatic heterocycles. The summed E-state index contributed by atoms with van der Waals surface area (Å²) in [6.07, 6.45) is 5.25. The topological polar surface area (TPSA) is 118 Å². The predicted octanol–water partition coefficient (Wildman–Crippen LogP) is 5.21. The van der Waals surface area contributed by atoms with Crippen molar-refractivity contribution in [1.29, 1.82) is 0 Å². The Labute approximate surface area is 245 Å². The smallest absolute Gasteiger partial charge is 0.337 e. The number of anilines is 1. The fourth-order valence-corrected chi connectivity index (χ4v) is 6.71. The zero-order valence-corrected chi connectivity index (χ0v) is 23.9. The van der Waals surface area contributed by atoms with Crippen LogP contribution in [0.3, 0.4) is 0 Å². The summed E-state index contributed by atoms with van der Waals surface area (Å²) >= 11 is 11.7. The Hall–Kier alpha value is -3.32. The molecule has 0 bridgehead atoms. The lowest BCUT2D eigenvalue weighted by Crippen LogP contribution is -2.51. The molecule has 9 nitrogen and oxygen atoms in total. The van der Waals surface area contributed by atoms with Gasteiger partial charge < -0.3 is 10.6 Å². The second-order valence-electron chi connectivity index (χ2n) is 9.76. The van der Waals surface area contributed by atoms with Gasteiger partial charge in [-0.1, -0.05) is 48.0 Å². The average Bonchev–Trinajstić information content (AvgIpc) is 3.35. The van der Waals surface area contributed by atoms with Crippen LogP contribution in [0, 0.1) is 0 Å². The van der Waals surface area contributed by atoms with Gasteiger partial charge in [0.2, 0.25) is 5.95 Å². The molecule has 2 aromatic heterocycles. The van der Waals surface area contributed by atoms with E-state index in [2.05, 4.69) is 20.6 Å². The van der Waals surface area contributed by atoms with Crippen LogP contribution in [0.2, 0.25) is 5.02 Å². The van der Waals surface area contributed by atoms with E-state index in [0.717, 1.165) is 0 Å². The average molecular weight is 624 g/mol. The Morgan fingerprint density at radius 3 is 2.54 bits per heavy atom. The van der Waals surface area contributed by atoms with E-state index in [1.54, 1.807) is 47.3 Å². The van der Waals surface area contributed by atoms with Gasteiger partial charge in [0.1, 0.15) is 0 Å². The number of halogens is 4. The Morgan fingerprint density at radius 1 is 1.07 bits per heavy atom. The molecule has 2 heterocycles. The van der Waals surface area contributed by atoms with Gasteiger partial charge in [0, 0.05) is 29.2 Å². The number of amides is 1. The van der Waals surface area contributed by atoms with Gasteiger partial charge >= 0.3 is 5.92 Å². The highest BCUT2D eigenvalue weighted by atomic mass is 35.5. The molecule has 216 valence electrons. The van der Waals surface area contributed by atoms with Crippen molar-refractivity contribution in [1.82, 2.24) is 24.1 Å². The molecule has 1 saturated carbocycles. The minimum absolute atomic E-state index is 0.138. The molecule has 2 atom stereocenters. The Morgan fingerprint density at radius 2 is 1.78 bits per heavy atom. The van der Waals surface area contributed by atoms with Gasteiger partial charge in [-0.3, -0.25) is 4.79 Å². The highest BCUT2D eigenvalue weighted by molar-refractivity contribution is 7.90. The van der Waals surface area contributed by atoms with Crippen LogP contribution < -0.4 is 15.5 Å². The van der Waals surface area contributed by atoms with E-state index < -0.39 is 34.4 Å². The first-order valence-corrected chi connectivity index (χ1v) is 15.0. The maximum atomic E-state index is 13.9. The van der Waals surface area contributed by atoms with Crippen LogP contribution in [0.25, 0.3) is 22.2 Å². The number of hydrogen-bond acceptors (Lipinski definition) is 7. The van der Waals surface area contributed by atoms with Crippen LogP contribution in [0.1, 0.15) is 25.7 Å². The monoisotopic (exact) mass is 622 g/mol. The van der Waals surface area contributed by atoms with Crippen molar-refractivity contribution in [2.24, 2.45) is 0 Å². The third-order valence-corrected chi connectivity index (χ3v) is 9.04. The highest BCUT2D eigenvalue weighted by Gasteiger charge is 2.40. The Bertz CT molecular complexity index is 1670. The molecule has 14 heteroatoms. The van der Waals surface area contributed by atoms with E-state index in [1.165, 1.54) is 28.5 Å². The molecule has 0 unspecified atom stereocenters. The van der Waals surface area contributed by atoms with E-state index in [1.807, 2.05) is 0 Å². The number of fused-ring (bicyclic) bond motifs is 1. The van der Waals surface area contributed by atoms with Crippen molar-refractivity contribution in [2.45, 2.75) is 48.6 Å². The van der Waals surface area contributed by atoms with Gasteiger partial charge in [0.15, 0.2) is 0 Å². The quantitative estimate of drug-likeness (QED) is 0.219. The van der Waals surface area contributed by atoms with Crippen molar-refractivity contribution in [2.75, 3.05) is 11.9 Å². The molecule has 3 N–H and O–H groups in total. The van der Waals surface area contributed by atoms with Gasteiger partial charge in [-0.05, 0) is 55.7 Å². The standard InChI is InChI=1S/C27H26Cl2F2N6O3S/c28-22-14-32-26(35-18-8-6-7-17(13-18)34-25(38)27(30,31)16-33-29)36-24(22)21-15-37(23-12-5-4-11-20(21)23)41(39,40)19-9-2-1-3-10-19/h1-5,9-12,14-15,17-18,33H,6-8,13,16H2,(H,34,38)(H,32,35,36)/t17-,18+/m0/s1. The summed E-state index contributed by atoms with van der Waals surface area (Å²) in [6.45, 7) is -0.973. The van der Waals surface area contributed by atoms with Crippen LogP contribution in [-0.4, -0.2) is 52.8 Å². The van der Waals surface area contributed by atoms with Crippen molar-refractivity contribution in [3.05, 3.63) is 72.0 Å². The molecule has 1 amide bonds. The summed E-state index contributed by atoms with van der Waals surface area (Å²) in [4.78, 5) is 22.9. The number of carbonyl (C=O) groups is 1. The fraction of sp³-hybridized carbons (Fsp3) is 0.296. The maximum Gasteiger partial charge on any atom is 0.337 e. The number of benzene rings is 2. The molecule has 1 aliphatic carbocycles. The maximum absolute atomic E-state index is 13.9. The zero-order chi connectivity index (χ0) is 29.2. The molecule has 0 spiro atoms. The summed E-state index contributed by atoms with van der Waals surface area (Å²) in [6, 6.07) is 14.5. The lowest BCUT2D eigenvalue weighted by Gasteiger charge is -2.31. The van der Waals surface area contributed by atoms with Gasteiger partial charge in [0.05, 0.1) is 33.9 Å². The molecule has 5 rings (SSSR count). The lowest BCUT2D eigenvalue weighted by molar-refractivity contribution is -0.145. The van der Waals surface area contributed by atoms with Crippen LogP contribution >= 0.6 is 23.4 Å². The van der Waals surface area contributed by atoms with E-state index in [9.17, 15) is 22.0 Å². The first kappa shape index (κ1) is 29.2. The molecule has 0 saturated heterocycles.